The first kappa shape index (κ1) is 15.2. The summed E-state index contributed by atoms with van der Waals surface area (Å²) < 4.78 is 0. The molecular weight excluding hydrogens is 279 g/mol. The average molecular weight is 309 g/mol. The van der Waals surface area contributed by atoms with Crippen LogP contribution in [0.4, 0.5) is 0 Å². The van der Waals surface area contributed by atoms with Gasteiger partial charge in [-0.2, -0.15) is 11.1 Å². The molecule has 2 bridgehead atoms. The Morgan fingerprint density at radius 2 is 1.75 bits per heavy atom. The summed E-state index contributed by atoms with van der Waals surface area (Å²) in [6, 6.07) is 1.33. The monoisotopic (exact) mass is 308 g/mol. The highest BCUT2D eigenvalue weighted by molar-refractivity contribution is 7.24. The molecule has 0 N–H and O–H groups in total. The van der Waals surface area contributed by atoms with E-state index in [1.54, 1.807) is 0 Å². The van der Waals surface area contributed by atoms with Crippen LogP contribution in [-0.2, 0) is 0 Å². The summed E-state index contributed by atoms with van der Waals surface area (Å²) in [5.74, 6) is 2.04. The number of hydrogen-bond donors (Lipinski definition) is 0. The molecule has 0 aliphatic carbocycles. The van der Waals surface area contributed by atoms with E-state index in [1.165, 1.54) is 70.3 Å². The van der Waals surface area contributed by atoms with Gasteiger partial charge in [-0.05, 0) is 18.9 Å². The topological polar surface area (TPSA) is 0 Å². The molecule has 0 nitrogen and oxygen atoms in total. The summed E-state index contributed by atoms with van der Waals surface area (Å²) in [4.78, 5) is 0. The summed E-state index contributed by atoms with van der Waals surface area (Å²) in [7, 11) is -1.55. The van der Waals surface area contributed by atoms with Crippen LogP contribution in [0.15, 0.2) is 10.7 Å². The van der Waals surface area contributed by atoms with Gasteiger partial charge in [0.2, 0.25) is 0 Å². The number of unbranched alkanes of at least 4 members (excludes halogenated alkanes) is 1. The summed E-state index contributed by atoms with van der Waals surface area (Å²) >= 11 is 7.02. The Balaban J connectivity index is 1.89. The van der Waals surface area contributed by atoms with Gasteiger partial charge in [0, 0.05) is 0 Å². The Kier molecular flexibility index (Phi) is 4.72. The number of hydrogen-bond acceptors (Lipinski definition) is 0. The third-order valence-corrected chi connectivity index (χ3v) is 10.6. The van der Waals surface area contributed by atoms with E-state index in [-0.39, 0.29) is 0 Å². The Labute approximate surface area is 131 Å². The molecule has 3 heterocycles. The van der Waals surface area contributed by atoms with Crippen LogP contribution >= 0.6 is 11.1 Å². The Hall–Kier alpha value is 0.312. The van der Waals surface area contributed by atoms with Crippen molar-refractivity contribution in [3.05, 3.63) is 10.7 Å². The van der Waals surface area contributed by atoms with E-state index in [0.717, 1.165) is 18.3 Å². The molecule has 0 amide bonds. The lowest BCUT2D eigenvalue weighted by Crippen LogP contribution is -2.37. The zero-order chi connectivity index (χ0) is 14.2. The number of allylic oxidation sites excluding steroid dienone is 2. The average Bonchev–Trinajstić information content (AvgIpc) is 2.70. The fourth-order valence-corrected chi connectivity index (χ4v) is 9.02. The van der Waals surface area contributed by atoms with Crippen molar-refractivity contribution in [1.29, 1.82) is 0 Å². The third kappa shape index (κ3) is 2.79. The van der Waals surface area contributed by atoms with Crippen molar-refractivity contribution in [2.24, 2.45) is 0 Å². The van der Waals surface area contributed by atoms with E-state index in [0.29, 0.717) is 0 Å². The van der Waals surface area contributed by atoms with E-state index >= 15 is 0 Å². The van der Waals surface area contributed by atoms with Gasteiger partial charge in [0.15, 0.2) is 14.1 Å². The molecule has 3 rings (SSSR count). The molecule has 0 aromatic carbocycles. The zero-order valence-electron chi connectivity index (χ0n) is 13.4. The van der Waals surface area contributed by atoms with Crippen molar-refractivity contribution >= 4 is 25.2 Å². The molecule has 0 spiro atoms. The highest BCUT2D eigenvalue weighted by Gasteiger charge is 2.47. The smallest absolute Gasteiger partial charge is 0.162 e. The molecule has 0 saturated carbocycles. The third-order valence-electron chi connectivity index (χ3n) is 6.38. The van der Waals surface area contributed by atoms with Gasteiger partial charge in [-0.25, -0.2) is 0 Å². The Bertz CT molecular complexity index is 368. The van der Waals surface area contributed by atoms with Gasteiger partial charge in [0.05, 0.1) is 0 Å². The van der Waals surface area contributed by atoms with Crippen LogP contribution in [0.5, 0.6) is 0 Å². The first-order valence-electron chi connectivity index (χ1n) is 9.05. The number of rotatable bonds is 4. The van der Waals surface area contributed by atoms with Crippen molar-refractivity contribution in [3.8, 4) is 0 Å². The van der Waals surface area contributed by atoms with Crippen LogP contribution in [0.1, 0.15) is 71.1 Å². The lowest BCUT2D eigenvalue weighted by Gasteiger charge is -2.42. The van der Waals surface area contributed by atoms with Crippen molar-refractivity contribution in [1.82, 2.24) is 0 Å². The Morgan fingerprint density at radius 3 is 2.30 bits per heavy atom. The molecule has 3 heteroatoms. The van der Waals surface area contributed by atoms with E-state index in [4.69, 9.17) is 11.1 Å². The molecule has 2 fully saturated rings. The van der Waals surface area contributed by atoms with Crippen molar-refractivity contribution < 1.29 is 0 Å². The van der Waals surface area contributed by atoms with Crippen LogP contribution in [0.2, 0.25) is 24.2 Å². The number of fused-ring (bicyclic) bond motifs is 2. The second kappa shape index (κ2) is 6.20. The normalized spacial score (nSPS) is 37.6. The molecule has 0 aromatic rings. The van der Waals surface area contributed by atoms with Crippen LogP contribution in [-0.4, -0.2) is 14.1 Å². The van der Waals surface area contributed by atoms with Crippen LogP contribution in [0, 0.1) is 0 Å². The molecule has 0 aromatic heterocycles. The predicted octanol–water partition coefficient (Wildman–Crippen LogP) is 6.37. The molecular formula is C17H30BClSi. The summed E-state index contributed by atoms with van der Waals surface area (Å²) in [6.45, 7) is 5.69. The summed E-state index contributed by atoms with van der Waals surface area (Å²) in [6.07, 6.45) is 14.4. The highest BCUT2D eigenvalue weighted by Crippen LogP contribution is 2.53. The van der Waals surface area contributed by atoms with Gasteiger partial charge in [-0.1, -0.05) is 81.7 Å². The van der Waals surface area contributed by atoms with Gasteiger partial charge in [-0.3, -0.25) is 0 Å². The van der Waals surface area contributed by atoms with Crippen LogP contribution in [0.3, 0.4) is 0 Å². The molecule has 0 unspecified atom stereocenters. The molecule has 20 heavy (non-hydrogen) atoms. The van der Waals surface area contributed by atoms with Gasteiger partial charge < -0.3 is 0 Å². The first-order chi connectivity index (χ1) is 9.63. The molecule has 0 radical (unpaired) electrons. The number of halogens is 1. The molecule has 1 atom stereocenters. The fraction of sp³-hybridized carbons (Fsp3) is 0.882. The van der Waals surface area contributed by atoms with E-state index in [2.05, 4.69) is 13.5 Å². The van der Waals surface area contributed by atoms with Gasteiger partial charge >= 0.3 is 0 Å². The maximum absolute atomic E-state index is 7.02. The lowest BCUT2D eigenvalue weighted by atomic mass is 9.24. The first-order valence-corrected chi connectivity index (χ1v) is 12.8. The largest absolute Gasteiger partial charge is 0.179 e. The minimum Gasteiger partial charge on any atom is -0.162 e. The van der Waals surface area contributed by atoms with Crippen LogP contribution in [0.25, 0.3) is 0 Å². The standard InChI is InChI=1S/C17H30BClSi/c1-3-4-11-17-16(12-13-20(17,2)19)18-14-7-5-8-15(18)10-6-9-14/h14-15H,3-13H2,1-2H3/t14?,15?,20-/m0/s1. The molecule has 3 aliphatic rings. The SMILES string of the molecule is CCCCC1=C(B2C3CCCC2CCC3)CC[Si@]1(C)Cl. The minimum atomic E-state index is -1.55. The maximum Gasteiger partial charge on any atom is 0.179 e. The van der Waals surface area contributed by atoms with Gasteiger partial charge in [0.1, 0.15) is 0 Å². The minimum absolute atomic E-state index is 0.956. The molecule has 112 valence electrons. The van der Waals surface area contributed by atoms with Crippen molar-refractivity contribution in [3.63, 3.8) is 0 Å². The summed E-state index contributed by atoms with van der Waals surface area (Å²) in [5, 5.41) is 1.81. The van der Waals surface area contributed by atoms with E-state index < -0.39 is 7.38 Å². The summed E-state index contributed by atoms with van der Waals surface area (Å²) in [5.41, 5.74) is 1.90. The zero-order valence-corrected chi connectivity index (χ0v) is 15.1. The van der Waals surface area contributed by atoms with Gasteiger partial charge in [-0.15, -0.1) is 5.47 Å². The molecule has 3 aliphatic heterocycles. The van der Waals surface area contributed by atoms with Gasteiger partial charge in [0.25, 0.3) is 0 Å². The van der Waals surface area contributed by atoms with Crippen LogP contribution < -0.4 is 0 Å². The molecule has 2 saturated heterocycles. The van der Waals surface area contributed by atoms with E-state index in [1.807, 2.05) is 10.7 Å². The fourth-order valence-electron chi connectivity index (χ4n) is 5.39. The lowest BCUT2D eigenvalue weighted by molar-refractivity contribution is 0.445. The maximum atomic E-state index is 7.02. The second-order valence-electron chi connectivity index (χ2n) is 7.71. The quantitative estimate of drug-likeness (QED) is 0.418. The van der Waals surface area contributed by atoms with Crippen molar-refractivity contribution in [2.75, 3.05) is 0 Å². The van der Waals surface area contributed by atoms with E-state index in [9.17, 15) is 0 Å². The predicted molar refractivity (Wildman–Crippen MR) is 94.4 cm³/mol. The second-order valence-corrected chi connectivity index (χ2v) is 13.7. The highest BCUT2D eigenvalue weighted by atomic mass is 35.6. The Morgan fingerprint density at radius 1 is 1.15 bits per heavy atom. The van der Waals surface area contributed by atoms with Crippen molar-refractivity contribution in [2.45, 2.75) is 95.4 Å².